The highest BCUT2D eigenvalue weighted by Crippen LogP contribution is 2.29. The van der Waals surface area contributed by atoms with E-state index < -0.39 is 11.9 Å². The van der Waals surface area contributed by atoms with Gasteiger partial charge in [0, 0.05) is 7.05 Å². The second-order valence-corrected chi connectivity index (χ2v) is 4.05. The predicted molar refractivity (Wildman–Crippen MR) is 56.9 cm³/mol. The van der Waals surface area contributed by atoms with Crippen molar-refractivity contribution in [3.8, 4) is 5.75 Å². The van der Waals surface area contributed by atoms with E-state index in [0.717, 1.165) is 0 Å². The van der Waals surface area contributed by atoms with Crippen molar-refractivity contribution in [3.05, 3.63) is 26.9 Å². The molecule has 1 aromatic rings. The van der Waals surface area contributed by atoms with Gasteiger partial charge in [-0.1, -0.05) is 0 Å². The molecule has 6 heteroatoms. The standard InChI is InChI=1S/C8H6Br2FNO2/c1-12-8(13)14-4-2-5(9)7(11)6(10)3-4/h2-3H,1H3,(H,12,13). The second kappa shape index (κ2) is 4.75. The van der Waals surface area contributed by atoms with Gasteiger partial charge >= 0.3 is 6.09 Å². The molecule has 0 aromatic heterocycles. The van der Waals surface area contributed by atoms with E-state index in [1.165, 1.54) is 19.2 Å². The highest BCUT2D eigenvalue weighted by molar-refractivity contribution is 9.11. The average molecular weight is 327 g/mol. The molecule has 0 fully saturated rings. The minimum atomic E-state index is -0.601. The number of amides is 1. The number of hydrogen-bond donors (Lipinski definition) is 1. The number of ether oxygens (including phenoxy) is 1. The van der Waals surface area contributed by atoms with Crippen LogP contribution in [0.1, 0.15) is 0 Å². The Kier molecular flexibility index (Phi) is 3.88. The lowest BCUT2D eigenvalue weighted by Gasteiger charge is -2.05. The summed E-state index contributed by atoms with van der Waals surface area (Å²) in [6.45, 7) is 0. The van der Waals surface area contributed by atoms with Crippen LogP contribution < -0.4 is 10.1 Å². The number of carbonyl (C=O) groups is 1. The first-order valence-corrected chi connectivity index (χ1v) is 5.17. The van der Waals surface area contributed by atoms with Crippen LogP contribution in [0, 0.1) is 5.82 Å². The first kappa shape index (κ1) is 11.5. The predicted octanol–water partition coefficient (Wildman–Crippen LogP) is 3.07. The Morgan fingerprint density at radius 1 is 1.43 bits per heavy atom. The summed E-state index contributed by atoms with van der Waals surface area (Å²) in [4.78, 5) is 10.8. The number of carbonyl (C=O) groups excluding carboxylic acids is 1. The summed E-state index contributed by atoms with van der Waals surface area (Å²) in [5.74, 6) is -0.182. The Morgan fingerprint density at radius 3 is 2.36 bits per heavy atom. The summed E-state index contributed by atoms with van der Waals surface area (Å²) in [7, 11) is 1.44. The molecule has 0 spiro atoms. The normalized spacial score (nSPS) is 9.71. The van der Waals surface area contributed by atoms with Crippen LogP contribution in [0.25, 0.3) is 0 Å². The third kappa shape index (κ3) is 2.68. The molecule has 0 saturated heterocycles. The van der Waals surface area contributed by atoms with Crippen molar-refractivity contribution in [2.45, 2.75) is 0 Å². The molecule has 0 radical (unpaired) electrons. The molecule has 1 aromatic carbocycles. The zero-order valence-corrected chi connectivity index (χ0v) is 10.3. The number of rotatable bonds is 1. The van der Waals surface area contributed by atoms with Crippen LogP contribution >= 0.6 is 31.9 Å². The summed E-state index contributed by atoms with van der Waals surface area (Å²) in [6.07, 6.45) is -0.601. The summed E-state index contributed by atoms with van der Waals surface area (Å²) < 4.78 is 18.3. The summed E-state index contributed by atoms with van der Waals surface area (Å²) >= 11 is 5.98. The molecular formula is C8H6Br2FNO2. The molecule has 3 nitrogen and oxygen atoms in total. The highest BCUT2D eigenvalue weighted by Gasteiger charge is 2.09. The topological polar surface area (TPSA) is 38.3 Å². The number of benzene rings is 1. The lowest BCUT2D eigenvalue weighted by Crippen LogP contribution is -2.22. The molecule has 1 amide bonds. The van der Waals surface area contributed by atoms with Gasteiger partial charge < -0.3 is 10.1 Å². The molecular weight excluding hydrogens is 321 g/mol. The minimum absolute atomic E-state index is 0.228. The van der Waals surface area contributed by atoms with Gasteiger partial charge in [0.15, 0.2) is 5.82 Å². The van der Waals surface area contributed by atoms with Crippen molar-refractivity contribution >= 4 is 38.0 Å². The maximum absolute atomic E-state index is 13.1. The molecule has 0 atom stereocenters. The maximum atomic E-state index is 13.1. The van der Waals surface area contributed by atoms with Gasteiger partial charge in [0.05, 0.1) is 8.95 Å². The van der Waals surface area contributed by atoms with Gasteiger partial charge in [-0.3, -0.25) is 0 Å². The quantitative estimate of drug-likeness (QED) is 0.805. The molecule has 1 rings (SSSR count). The van der Waals surface area contributed by atoms with E-state index in [0.29, 0.717) is 0 Å². The van der Waals surface area contributed by atoms with E-state index in [1.807, 2.05) is 0 Å². The van der Waals surface area contributed by atoms with Crippen LogP contribution in [0.3, 0.4) is 0 Å². The fourth-order valence-corrected chi connectivity index (χ4v) is 1.89. The van der Waals surface area contributed by atoms with Crippen molar-refractivity contribution in [2.24, 2.45) is 0 Å². The number of hydrogen-bond acceptors (Lipinski definition) is 2. The lowest BCUT2D eigenvalue weighted by atomic mass is 10.3. The van der Waals surface area contributed by atoms with Crippen LogP contribution in [0.2, 0.25) is 0 Å². The summed E-state index contributed by atoms with van der Waals surface area (Å²) in [6, 6.07) is 2.74. The Morgan fingerprint density at radius 2 is 1.93 bits per heavy atom. The van der Waals surface area contributed by atoms with Gasteiger partial charge in [0.25, 0.3) is 0 Å². The zero-order valence-electron chi connectivity index (χ0n) is 7.11. The van der Waals surface area contributed by atoms with Gasteiger partial charge in [0.2, 0.25) is 0 Å². The van der Waals surface area contributed by atoms with Crippen molar-refractivity contribution in [1.82, 2.24) is 5.32 Å². The molecule has 76 valence electrons. The van der Waals surface area contributed by atoms with E-state index >= 15 is 0 Å². The first-order chi connectivity index (χ1) is 6.54. The SMILES string of the molecule is CNC(=O)Oc1cc(Br)c(F)c(Br)c1. The maximum Gasteiger partial charge on any atom is 0.412 e. The molecule has 0 aliphatic heterocycles. The Hall–Kier alpha value is -0.620. The van der Waals surface area contributed by atoms with E-state index in [-0.39, 0.29) is 14.7 Å². The van der Waals surface area contributed by atoms with Crippen molar-refractivity contribution in [1.29, 1.82) is 0 Å². The van der Waals surface area contributed by atoms with Crippen molar-refractivity contribution in [2.75, 3.05) is 7.05 Å². The fourth-order valence-electron chi connectivity index (χ4n) is 0.749. The lowest BCUT2D eigenvalue weighted by molar-refractivity contribution is 0.203. The van der Waals surface area contributed by atoms with Gasteiger partial charge in [-0.25, -0.2) is 9.18 Å². The summed E-state index contributed by atoms with van der Waals surface area (Å²) in [5, 5.41) is 2.28. The Bertz CT molecular complexity index is 347. The van der Waals surface area contributed by atoms with Crippen LogP contribution in [0.15, 0.2) is 21.1 Å². The number of nitrogens with one attached hydrogen (secondary N) is 1. The third-order valence-corrected chi connectivity index (χ3v) is 2.53. The molecule has 0 unspecified atom stereocenters. The van der Waals surface area contributed by atoms with Gasteiger partial charge in [0.1, 0.15) is 5.75 Å². The second-order valence-electron chi connectivity index (χ2n) is 2.34. The molecule has 0 heterocycles. The average Bonchev–Trinajstić information content (AvgIpc) is 2.14. The fraction of sp³-hybridized carbons (Fsp3) is 0.125. The van der Waals surface area contributed by atoms with Crippen LogP contribution in [0.5, 0.6) is 5.75 Å². The molecule has 0 aliphatic rings. The van der Waals surface area contributed by atoms with Crippen LogP contribution in [-0.4, -0.2) is 13.1 Å². The van der Waals surface area contributed by atoms with Gasteiger partial charge in [-0.15, -0.1) is 0 Å². The molecule has 1 N–H and O–H groups in total. The van der Waals surface area contributed by atoms with Crippen molar-refractivity contribution < 1.29 is 13.9 Å². The van der Waals surface area contributed by atoms with E-state index in [1.54, 1.807) is 0 Å². The summed E-state index contributed by atoms with van der Waals surface area (Å²) in [5.41, 5.74) is 0. The van der Waals surface area contributed by atoms with Crippen molar-refractivity contribution in [3.63, 3.8) is 0 Å². The minimum Gasteiger partial charge on any atom is -0.410 e. The third-order valence-electron chi connectivity index (χ3n) is 1.37. The Labute approximate surface area is 96.9 Å². The van der Waals surface area contributed by atoms with Crippen LogP contribution in [0.4, 0.5) is 9.18 Å². The number of halogens is 3. The van der Waals surface area contributed by atoms with E-state index in [2.05, 4.69) is 37.2 Å². The Balaban J connectivity index is 2.95. The monoisotopic (exact) mass is 325 g/mol. The largest absolute Gasteiger partial charge is 0.412 e. The highest BCUT2D eigenvalue weighted by atomic mass is 79.9. The molecule has 0 bridgehead atoms. The zero-order chi connectivity index (χ0) is 10.7. The van der Waals surface area contributed by atoms with Gasteiger partial charge in [-0.05, 0) is 44.0 Å². The molecule has 14 heavy (non-hydrogen) atoms. The molecule has 0 aliphatic carbocycles. The smallest absolute Gasteiger partial charge is 0.410 e. The van der Waals surface area contributed by atoms with E-state index in [9.17, 15) is 9.18 Å². The first-order valence-electron chi connectivity index (χ1n) is 3.58. The van der Waals surface area contributed by atoms with Crippen LogP contribution in [-0.2, 0) is 0 Å². The molecule has 0 saturated carbocycles. The van der Waals surface area contributed by atoms with Gasteiger partial charge in [-0.2, -0.15) is 0 Å². The van der Waals surface area contributed by atoms with E-state index in [4.69, 9.17) is 4.74 Å².